The van der Waals surface area contributed by atoms with Crippen molar-refractivity contribution >= 4 is 62.9 Å². The number of allylic oxidation sites excluding steroid dienone is 1. The van der Waals surface area contributed by atoms with Crippen LogP contribution in [0, 0.1) is 6.92 Å². The Morgan fingerprint density at radius 1 is 1.22 bits per heavy atom. The molecule has 0 atom stereocenters. The van der Waals surface area contributed by atoms with Gasteiger partial charge >= 0.3 is 5.97 Å². The number of hydrogen-bond acceptors (Lipinski definition) is 5. The third kappa shape index (κ3) is 4.10. The predicted molar refractivity (Wildman–Crippen MR) is 134 cm³/mol. The van der Waals surface area contributed by atoms with E-state index in [1.807, 2.05) is 42.7 Å². The van der Waals surface area contributed by atoms with Crippen LogP contribution in [-0.2, 0) is 4.74 Å². The second kappa shape index (κ2) is 9.53. The van der Waals surface area contributed by atoms with Gasteiger partial charge in [0, 0.05) is 27.9 Å². The summed E-state index contributed by atoms with van der Waals surface area (Å²) < 4.78 is 8.40. The SMILES string of the molecule is C/C=C/CSc1sc(C(=O)c2ccc(Cl)cc2)c2c(C(=O)OCC)c3cc(C)ccn3c12. The first-order valence-electron chi connectivity index (χ1n) is 10.2. The number of thioether (sulfide) groups is 1. The largest absolute Gasteiger partial charge is 0.462 e. The van der Waals surface area contributed by atoms with Gasteiger partial charge in [-0.1, -0.05) is 23.8 Å². The molecule has 0 N–H and O–H groups in total. The normalized spacial score (nSPS) is 11.6. The van der Waals surface area contributed by atoms with E-state index in [-0.39, 0.29) is 12.4 Å². The molecule has 1 aromatic carbocycles. The molecule has 164 valence electrons. The van der Waals surface area contributed by atoms with Crippen molar-refractivity contribution in [2.45, 2.75) is 25.0 Å². The maximum absolute atomic E-state index is 13.6. The van der Waals surface area contributed by atoms with E-state index in [1.165, 1.54) is 11.3 Å². The molecule has 0 aliphatic rings. The zero-order chi connectivity index (χ0) is 22.8. The van der Waals surface area contributed by atoms with E-state index in [4.69, 9.17) is 16.3 Å². The van der Waals surface area contributed by atoms with Gasteiger partial charge in [0.1, 0.15) is 0 Å². The lowest BCUT2D eigenvalue weighted by atomic mass is 10.1. The molecule has 7 heteroatoms. The molecule has 4 nitrogen and oxygen atoms in total. The maximum atomic E-state index is 13.6. The molecule has 0 fully saturated rings. The first kappa shape index (κ1) is 22.6. The Bertz CT molecular complexity index is 1350. The number of ether oxygens (including phenoxy) is 1. The van der Waals surface area contributed by atoms with Crippen molar-refractivity contribution in [1.29, 1.82) is 0 Å². The maximum Gasteiger partial charge on any atom is 0.341 e. The zero-order valence-corrected chi connectivity index (χ0v) is 20.4. The monoisotopic (exact) mass is 483 g/mol. The number of hydrogen-bond donors (Lipinski definition) is 0. The minimum Gasteiger partial charge on any atom is -0.462 e. The summed E-state index contributed by atoms with van der Waals surface area (Å²) in [7, 11) is 0. The number of rotatable bonds is 7. The lowest BCUT2D eigenvalue weighted by Crippen LogP contribution is -2.06. The van der Waals surface area contributed by atoms with Crippen LogP contribution in [0.2, 0.25) is 5.02 Å². The van der Waals surface area contributed by atoms with E-state index in [0.717, 1.165) is 26.6 Å². The number of benzene rings is 1. The van der Waals surface area contributed by atoms with Crippen LogP contribution >= 0.6 is 34.7 Å². The number of ketones is 1. The number of thiophene rings is 1. The molecule has 0 amide bonds. The second-order valence-electron chi connectivity index (χ2n) is 7.21. The van der Waals surface area contributed by atoms with E-state index in [2.05, 4.69) is 6.08 Å². The van der Waals surface area contributed by atoms with Crippen LogP contribution in [0.1, 0.15) is 45.0 Å². The van der Waals surface area contributed by atoms with Crippen molar-refractivity contribution in [3.8, 4) is 0 Å². The number of nitrogens with zero attached hydrogens (tertiary/aromatic N) is 1. The first-order valence-corrected chi connectivity index (χ1v) is 12.4. The topological polar surface area (TPSA) is 47.8 Å². The molecule has 3 heterocycles. The van der Waals surface area contributed by atoms with Crippen molar-refractivity contribution in [2.24, 2.45) is 0 Å². The smallest absolute Gasteiger partial charge is 0.341 e. The quantitative estimate of drug-likeness (QED) is 0.121. The lowest BCUT2D eigenvalue weighted by molar-refractivity contribution is 0.0531. The van der Waals surface area contributed by atoms with Crippen LogP contribution < -0.4 is 0 Å². The number of halogens is 1. The standard InChI is InChI=1S/C25H22ClNO3S2/c1-4-6-13-31-25-21-20(23(32-25)22(28)16-7-9-17(26)10-8-16)19(24(29)30-5-2)18-14-15(3)11-12-27(18)21/h4,6-12,14H,5,13H2,1-3H3/b6-4+. The Labute approximate surface area is 199 Å². The average molecular weight is 484 g/mol. The van der Waals surface area contributed by atoms with E-state index in [1.54, 1.807) is 43.0 Å². The molecular weight excluding hydrogens is 462 g/mol. The molecule has 0 unspecified atom stereocenters. The number of carbonyl (C=O) groups is 2. The van der Waals surface area contributed by atoms with Crippen molar-refractivity contribution in [1.82, 2.24) is 4.40 Å². The fraction of sp³-hybridized carbons (Fsp3) is 0.200. The number of esters is 1. The summed E-state index contributed by atoms with van der Waals surface area (Å²) in [6, 6.07) is 10.8. The van der Waals surface area contributed by atoms with E-state index in [0.29, 0.717) is 26.4 Å². The molecule has 0 saturated heterocycles. The number of fused-ring (bicyclic) bond motifs is 3. The minimum absolute atomic E-state index is 0.132. The summed E-state index contributed by atoms with van der Waals surface area (Å²) in [5, 5.41) is 1.22. The molecule has 0 aliphatic heterocycles. The van der Waals surface area contributed by atoms with Crippen LogP contribution in [0.25, 0.3) is 16.4 Å². The van der Waals surface area contributed by atoms with E-state index >= 15 is 0 Å². The highest BCUT2D eigenvalue weighted by atomic mass is 35.5. The van der Waals surface area contributed by atoms with E-state index < -0.39 is 5.97 Å². The van der Waals surface area contributed by atoms with Gasteiger partial charge in [0.2, 0.25) is 5.78 Å². The molecule has 0 bridgehead atoms. The van der Waals surface area contributed by atoms with Crippen LogP contribution in [-0.4, -0.2) is 28.5 Å². The molecule has 0 spiro atoms. The zero-order valence-electron chi connectivity index (χ0n) is 18.0. The van der Waals surface area contributed by atoms with E-state index in [9.17, 15) is 9.59 Å². The highest BCUT2D eigenvalue weighted by Crippen LogP contribution is 2.44. The Morgan fingerprint density at radius 3 is 2.66 bits per heavy atom. The third-order valence-corrected chi connectivity index (χ3v) is 7.69. The van der Waals surface area contributed by atoms with Gasteiger partial charge in [-0.15, -0.1) is 23.1 Å². The highest BCUT2D eigenvalue weighted by molar-refractivity contribution is 8.01. The second-order valence-corrected chi connectivity index (χ2v) is 9.96. The summed E-state index contributed by atoms with van der Waals surface area (Å²) >= 11 is 9.10. The Kier molecular flexibility index (Phi) is 6.74. The van der Waals surface area contributed by atoms with Crippen LogP contribution in [0.15, 0.2) is 59.0 Å². The molecule has 0 saturated carbocycles. The molecule has 4 rings (SSSR count). The summed E-state index contributed by atoms with van der Waals surface area (Å²) in [5.74, 6) is 0.223. The van der Waals surface area contributed by atoms with Crippen LogP contribution in [0.5, 0.6) is 0 Å². The Morgan fingerprint density at radius 2 is 1.97 bits per heavy atom. The Balaban J connectivity index is 2.04. The van der Waals surface area contributed by atoms with Gasteiger partial charge in [-0.3, -0.25) is 4.79 Å². The van der Waals surface area contributed by atoms with Gasteiger partial charge in [-0.2, -0.15) is 0 Å². The van der Waals surface area contributed by atoms with Crippen molar-refractivity contribution < 1.29 is 14.3 Å². The summed E-state index contributed by atoms with van der Waals surface area (Å²) in [6.45, 7) is 6.01. The van der Waals surface area contributed by atoms with Crippen LogP contribution in [0.4, 0.5) is 0 Å². The molecular formula is C25H22ClNO3S2. The average Bonchev–Trinajstić information content (AvgIpc) is 3.29. The molecule has 3 aromatic heterocycles. The number of aromatic nitrogens is 1. The van der Waals surface area contributed by atoms with Gasteiger partial charge in [0.25, 0.3) is 0 Å². The van der Waals surface area contributed by atoms with Gasteiger partial charge in [-0.05, 0) is 62.7 Å². The predicted octanol–water partition coefficient (Wildman–Crippen LogP) is 7.19. The fourth-order valence-electron chi connectivity index (χ4n) is 3.59. The lowest BCUT2D eigenvalue weighted by Gasteiger charge is -2.05. The number of carbonyl (C=O) groups excluding carboxylic acids is 2. The molecule has 0 radical (unpaired) electrons. The molecule has 0 aliphatic carbocycles. The first-order chi connectivity index (χ1) is 15.5. The van der Waals surface area contributed by atoms with Gasteiger partial charge in [-0.25, -0.2) is 4.79 Å². The third-order valence-electron chi connectivity index (χ3n) is 5.05. The fourth-order valence-corrected chi connectivity index (χ4v) is 6.18. The molecule has 4 aromatic rings. The summed E-state index contributed by atoms with van der Waals surface area (Å²) in [5.41, 5.74) is 3.63. The Hall–Kier alpha value is -2.54. The van der Waals surface area contributed by atoms with Gasteiger partial charge in [0.15, 0.2) is 0 Å². The minimum atomic E-state index is -0.418. The van der Waals surface area contributed by atoms with Crippen molar-refractivity contribution in [3.05, 3.63) is 81.3 Å². The number of pyridine rings is 1. The van der Waals surface area contributed by atoms with Crippen molar-refractivity contribution in [3.63, 3.8) is 0 Å². The summed E-state index contributed by atoms with van der Waals surface area (Å²) in [4.78, 5) is 27.2. The summed E-state index contributed by atoms with van der Waals surface area (Å²) in [6.07, 6.45) is 6.03. The van der Waals surface area contributed by atoms with Crippen LogP contribution in [0.3, 0.4) is 0 Å². The molecule has 32 heavy (non-hydrogen) atoms. The van der Waals surface area contributed by atoms with Gasteiger partial charge in [0.05, 0.1) is 32.3 Å². The number of aryl methyl sites for hydroxylation is 1. The van der Waals surface area contributed by atoms with Gasteiger partial charge < -0.3 is 9.14 Å². The van der Waals surface area contributed by atoms with Crippen molar-refractivity contribution in [2.75, 3.05) is 12.4 Å². The highest BCUT2D eigenvalue weighted by Gasteiger charge is 2.29.